The molecule has 0 unspecified atom stereocenters. The van der Waals surface area contributed by atoms with Crippen molar-refractivity contribution in [3.05, 3.63) is 27.5 Å². The average Bonchev–Trinajstić information content (AvgIpc) is 2.19. The molecule has 0 spiro atoms. The van der Waals surface area contributed by atoms with Crippen molar-refractivity contribution in [2.75, 3.05) is 0 Å². The molecule has 6 heteroatoms. The van der Waals surface area contributed by atoms with E-state index >= 15 is 0 Å². The molecule has 15 heavy (non-hydrogen) atoms. The van der Waals surface area contributed by atoms with Crippen molar-refractivity contribution >= 4 is 15.9 Å². The molecule has 0 aliphatic carbocycles. The van der Waals surface area contributed by atoms with Crippen molar-refractivity contribution in [3.63, 3.8) is 0 Å². The molecule has 1 aromatic heterocycles. The lowest BCUT2D eigenvalue weighted by atomic mass is 10.1. The number of rotatable bonds is 2. The van der Waals surface area contributed by atoms with Crippen LogP contribution in [0, 0.1) is 22.7 Å². The van der Waals surface area contributed by atoms with Gasteiger partial charge in [-0.3, -0.25) is 0 Å². The van der Waals surface area contributed by atoms with Gasteiger partial charge < -0.3 is 0 Å². The van der Waals surface area contributed by atoms with Gasteiger partial charge in [0.15, 0.2) is 0 Å². The molecule has 76 valence electrons. The van der Waals surface area contributed by atoms with Crippen molar-refractivity contribution in [1.29, 1.82) is 10.5 Å². The van der Waals surface area contributed by atoms with Gasteiger partial charge in [-0.15, -0.1) is 0 Å². The minimum atomic E-state index is -2.79. The topological polar surface area (TPSA) is 60.5 Å². The Morgan fingerprint density at radius 1 is 1.47 bits per heavy atom. The predicted molar refractivity (Wildman–Crippen MR) is 50.9 cm³/mol. The average molecular weight is 272 g/mol. The highest BCUT2D eigenvalue weighted by Crippen LogP contribution is 2.26. The number of nitriles is 2. The van der Waals surface area contributed by atoms with Gasteiger partial charge in [0.05, 0.1) is 24.1 Å². The van der Waals surface area contributed by atoms with Crippen LogP contribution in [0.4, 0.5) is 8.78 Å². The monoisotopic (exact) mass is 271 g/mol. The van der Waals surface area contributed by atoms with Gasteiger partial charge in [0.2, 0.25) is 0 Å². The smallest absolute Gasteiger partial charge is 0.240 e. The summed E-state index contributed by atoms with van der Waals surface area (Å²) in [5, 5.41) is 17.2. The number of alkyl halides is 2. The largest absolute Gasteiger partial charge is 0.280 e. The van der Waals surface area contributed by atoms with E-state index in [4.69, 9.17) is 10.5 Å². The van der Waals surface area contributed by atoms with Crippen LogP contribution in [0.3, 0.4) is 0 Å². The first-order valence-corrected chi connectivity index (χ1v) is 4.64. The van der Waals surface area contributed by atoms with E-state index < -0.39 is 12.1 Å². The molecule has 3 nitrogen and oxygen atoms in total. The highest BCUT2D eigenvalue weighted by Gasteiger charge is 2.19. The van der Waals surface area contributed by atoms with Gasteiger partial charge in [0.1, 0.15) is 10.3 Å². The summed E-state index contributed by atoms with van der Waals surface area (Å²) in [6, 6.07) is 4.81. The van der Waals surface area contributed by atoms with Gasteiger partial charge >= 0.3 is 0 Å². The molecule has 0 saturated carbocycles. The van der Waals surface area contributed by atoms with E-state index in [0.29, 0.717) is 0 Å². The van der Waals surface area contributed by atoms with Crippen LogP contribution in [0.1, 0.15) is 23.2 Å². The quantitative estimate of drug-likeness (QED) is 0.777. The Bertz CT molecular complexity index is 460. The van der Waals surface area contributed by atoms with Crippen LogP contribution in [0.15, 0.2) is 10.7 Å². The first kappa shape index (κ1) is 11.5. The van der Waals surface area contributed by atoms with Crippen LogP contribution in [0.25, 0.3) is 0 Å². The summed E-state index contributed by atoms with van der Waals surface area (Å²) in [6.07, 6.45) is -3.04. The van der Waals surface area contributed by atoms with Crippen molar-refractivity contribution in [2.24, 2.45) is 0 Å². The van der Waals surface area contributed by atoms with Gasteiger partial charge in [-0.25, -0.2) is 13.8 Å². The molecule has 0 N–H and O–H groups in total. The van der Waals surface area contributed by atoms with Crippen LogP contribution in [0.2, 0.25) is 0 Å². The SMILES string of the molecule is N#CCc1c(C#N)cc(Br)nc1C(F)F. The number of nitrogens with zero attached hydrogens (tertiary/aromatic N) is 3. The van der Waals surface area contributed by atoms with Crippen molar-refractivity contribution in [3.8, 4) is 12.1 Å². The standard InChI is InChI=1S/C9H4BrF2N3/c10-7-3-5(4-14)6(1-2-13)8(15-7)9(11)12/h3,9H,1H2. The molecule has 0 aromatic carbocycles. The molecular weight excluding hydrogens is 268 g/mol. The molecule has 1 rings (SSSR count). The van der Waals surface area contributed by atoms with E-state index in [1.165, 1.54) is 6.07 Å². The highest BCUT2D eigenvalue weighted by atomic mass is 79.9. The molecule has 0 fully saturated rings. The van der Waals surface area contributed by atoms with Gasteiger partial charge in [0, 0.05) is 5.56 Å². The zero-order valence-corrected chi connectivity index (χ0v) is 8.92. The van der Waals surface area contributed by atoms with Crippen LogP contribution < -0.4 is 0 Å². The van der Waals surface area contributed by atoms with E-state index in [1.54, 1.807) is 12.1 Å². The third-order valence-corrected chi connectivity index (χ3v) is 2.11. The van der Waals surface area contributed by atoms with E-state index in [-0.39, 0.29) is 22.2 Å². The summed E-state index contributed by atoms with van der Waals surface area (Å²) in [4.78, 5) is 3.56. The minimum Gasteiger partial charge on any atom is -0.240 e. The second-order valence-corrected chi connectivity index (χ2v) is 3.42. The van der Waals surface area contributed by atoms with Crippen LogP contribution in [-0.2, 0) is 6.42 Å². The Labute approximate surface area is 93.1 Å². The van der Waals surface area contributed by atoms with Gasteiger partial charge in [0.25, 0.3) is 6.43 Å². The second-order valence-electron chi connectivity index (χ2n) is 2.60. The number of aromatic nitrogens is 1. The highest BCUT2D eigenvalue weighted by molar-refractivity contribution is 9.10. The summed E-state index contributed by atoms with van der Waals surface area (Å²) in [6.45, 7) is 0. The first-order chi connectivity index (χ1) is 7.10. The van der Waals surface area contributed by atoms with Gasteiger partial charge in [-0.2, -0.15) is 10.5 Å². The molecule has 1 aromatic rings. The molecule has 0 aliphatic heterocycles. The summed E-state index contributed by atoms with van der Waals surface area (Å²) < 4.78 is 25.3. The fraction of sp³-hybridized carbons (Fsp3) is 0.222. The molecular formula is C9H4BrF2N3. The Morgan fingerprint density at radius 3 is 2.60 bits per heavy atom. The summed E-state index contributed by atoms with van der Waals surface area (Å²) in [5.41, 5.74) is -0.464. The lowest BCUT2D eigenvalue weighted by molar-refractivity contribution is 0.145. The van der Waals surface area contributed by atoms with E-state index in [0.717, 1.165) is 0 Å². The fourth-order valence-corrected chi connectivity index (χ4v) is 1.52. The van der Waals surface area contributed by atoms with Crippen molar-refractivity contribution in [1.82, 2.24) is 4.98 Å². The molecule has 0 saturated heterocycles. The van der Waals surface area contributed by atoms with Crippen LogP contribution in [-0.4, -0.2) is 4.98 Å². The molecule has 0 atom stereocenters. The maximum absolute atomic E-state index is 12.5. The Balaban J connectivity index is 3.43. The minimum absolute atomic E-state index is 0.00167. The lowest BCUT2D eigenvalue weighted by Crippen LogP contribution is -2.02. The predicted octanol–water partition coefficient (Wildman–Crippen LogP) is 2.72. The third kappa shape index (κ3) is 2.48. The number of halogens is 3. The molecule has 0 radical (unpaired) electrons. The number of hydrogen-bond donors (Lipinski definition) is 0. The Hall–Kier alpha value is -1.53. The Morgan fingerprint density at radius 2 is 2.13 bits per heavy atom. The molecule has 0 bridgehead atoms. The molecule has 1 heterocycles. The normalized spacial score (nSPS) is 9.73. The van der Waals surface area contributed by atoms with Crippen molar-refractivity contribution < 1.29 is 8.78 Å². The zero-order valence-electron chi connectivity index (χ0n) is 7.34. The van der Waals surface area contributed by atoms with Gasteiger partial charge in [-0.1, -0.05) is 0 Å². The van der Waals surface area contributed by atoms with Crippen LogP contribution >= 0.6 is 15.9 Å². The summed E-state index contributed by atoms with van der Waals surface area (Å²) in [7, 11) is 0. The fourth-order valence-electron chi connectivity index (χ4n) is 1.10. The zero-order chi connectivity index (χ0) is 11.4. The summed E-state index contributed by atoms with van der Waals surface area (Å²) in [5.74, 6) is 0. The molecule has 0 aliphatic rings. The van der Waals surface area contributed by atoms with Gasteiger partial charge in [-0.05, 0) is 22.0 Å². The maximum Gasteiger partial charge on any atom is 0.280 e. The lowest BCUT2D eigenvalue weighted by Gasteiger charge is -2.07. The van der Waals surface area contributed by atoms with E-state index in [1.807, 2.05) is 0 Å². The number of hydrogen-bond acceptors (Lipinski definition) is 3. The summed E-state index contributed by atoms with van der Waals surface area (Å²) >= 11 is 2.93. The number of pyridine rings is 1. The maximum atomic E-state index is 12.5. The van der Waals surface area contributed by atoms with E-state index in [2.05, 4.69) is 20.9 Å². The third-order valence-electron chi connectivity index (χ3n) is 1.71. The second kappa shape index (κ2) is 4.81. The first-order valence-electron chi connectivity index (χ1n) is 3.84. The van der Waals surface area contributed by atoms with Crippen LogP contribution in [0.5, 0.6) is 0 Å². The Kier molecular flexibility index (Phi) is 3.70. The van der Waals surface area contributed by atoms with Crippen molar-refractivity contribution in [2.45, 2.75) is 12.8 Å². The molecule has 0 amide bonds. The van der Waals surface area contributed by atoms with E-state index in [9.17, 15) is 8.78 Å².